The Kier molecular flexibility index (Phi) is 8.39. The van der Waals surface area contributed by atoms with Crippen molar-refractivity contribution in [2.75, 3.05) is 17.6 Å². The zero-order valence-corrected chi connectivity index (χ0v) is 19.5. The fraction of sp³-hybridized carbons (Fsp3) is 0.364. The van der Waals surface area contributed by atoms with E-state index in [0.717, 1.165) is 10.6 Å². The highest BCUT2D eigenvalue weighted by Gasteiger charge is 2.22. The normalized spacial score (nSPS) is 12.8. The molecule has 0 radical (unpaired) electrons. The molecule has 11 heteroatoms. The summed E-state index contributed by atoms with van der Waals surface area (Å²) < 4.78 is 38.5. The molecule has 1 heterocycles. The molecule has 0 spiro atoms. The Balaban J connectivity index is 2.62. The number of sulfonamides is 1. The van der Waals surface area contributed by atoms with Gasteiger partial charge in [-0.15, -0.1) is 0 Å². The number of aliphatic carboxylic acids is 1. The van der Waals surface area contributed by atoms with Crippen LogP contribution in [-0.4, -0.2) is 59.8 Å². The van der Waals surface area contributed by atoms with Crippen LogP contribution in [0.1, 0.15) is 43.9 Å². The summed E-state index contributed by atoms with van der Waals surface area (Å²) in [6.07, 6.45) is 1.49. The van der Waals surface area contributed by atoms with Crippen LogP contribution in [0.3, 0.4) is 0 Å². The average molecular weight is 480 g/mol. The molecule has 2 rings (SSSR count). The van der Waals surface area contributed by atoms with Crippen molar-refractivity contribution >= 4 is 33.8 Å². The van der Waals surface area contributed by atoms with Gasteiger partial charge in [-0.3, -0.25) is 9.59 Å². The smallest absolute Gasteiger partial charge is 0.310 e. The predicted molar refractivity (Wildman–Crippen MR) is 122 cm³/mol. The summed E-state index contributed by atoms with van der Waals surface area (Å²) in [6.45, 7) is 3.68. The van der Waals surface area contributed by atoms with E-state index in [9.17, 15) is 27.5 Å². The maximum atomic E-state index is 13.5. The van der Waals surface area contributed by atoms with Crippen LogP contribution in [0.15, 0.2) is 30.3 Å². The number of aliphatic hydroxyl groups excluding tert-OH is 1. The molecule has 0 aliphatic heterocycles. The quantitative estimate of drug-likeness (QED) is 0.496. The van der Waals surface area contributed by atoms with Crippen LogP contribution >= 0.6 is 0 Å². The summed E-state index contributed by atoms with van der Waals surface area (Å²) in [4.78, 5) is 31.2. The third kappa shape index (κ3) is 7.16. The van der Waals surface area contributed by atoms with Crippen molar-refractivity contribution < 1.29 is 32.6 Å². The van der Waals surface area contributed by atoms with Gasteiger partial charge in [-0.1, -0.05) is 26.0 Å². The average Bonchev–Trinajstić information content (AvgIpc) is 2.70. The van der Waals surface area contributed by atoms with Gasteiger partial charge in [0.05, 0.1) is 23.7 Å². The lowest BCUT2D eigenvalue weighted by Crippen LogP contribution is -2.27. The molecule has 1 aromatic heterocycles. The van der Waals surface area contributed by atoms with Gasteiger partial charge in [0.15, 0.2) is 0 Å². The number of benzene rings is 1. The summed E-state index contributed by atoms with van der Waals surface area (Å²) >= 11 is 0. The number of hydrogen-bond acceptors (Lipinski definition) is 7. The van der Waals surface area contributed by atoms with E-state index < -0.39 is 40.1 Å². The molecule has 0 saturated heterocycles. The molecule has 0 unspecified atom stereocenters. The summed E-state index contributed by atoms with van der Waals surface area (Å²) in [6, 6.07) is 5.44. The topological polar surface area (TPSA) is 138 Å². The van der Waals surface area contributed by atoms with Crippen molar-refractivity contribution in [3.63, 3.8) is 0 Å². The zero-order valence-electron chi connectivity index (χ0n) is 18.7. The highest BCUT2D eigenvalue weighted by Crippen LogP contribution is 2.31. The van der Waals surface area contributed by atoms with Gasteiger partial charge in [0, 0.05) is 24.6 Å². The Morgan fingerprint density at radius 3 is 2.30 bits per heavy atom. The number of rotatable bonds is 10. The van der Waals surface area contributed by atoms with Crippen molar-refractivity contribution in [1.29, 1.82) is 0 Å². The van der Waals surface area contributed by atoms with Gasteiger partial charge in [-0.05, 0) is 30.2 Å². The molecule has 178 valence electrons. The van der Waals surface area contributed by atoms with Crippen LogP contribution in [0.2, 0.25) is 0 Å². The first-order valence-electron chi connectivity index (χ1n) is 10.0. The molecule has 0 saturated carbocycles. The number of carboxylic acids is 1. The van der Waals surface area contributed by atoms with Crippen molar-refractivity contribution in [3.05, 3.63) is 47.4 Å². The van der Waals surface area contributed by atoms with E-state index in [1.807, 2.05) is 13.8 Å². The second kappa shape index (κ2) is 10.6. The number of anilines is 1. The number of nitrogens with zero attached hydrogens (tertiary/aromatic N) is 3. The summed E-state index contributed by atoms with van der Waals surface area (Å²) in [5.74, 6) is -2.64. The number of carboxylic acid groups (broad SMARTS) is 1. The fourth-order valence-corrected chi connectivity index (χ4v) is 3.32. The minimum atomic E-state index is -3.66. The highest BCUT2D eigenvalue weighted by molar-refractivity contribution is 7.92. The largest absolute Gasteiger partial charge is 0.481 e. The van der Waals surface area contributed by atoms with Crippen LogP contribution in [-0.2, 0) is 19.6 Å². The van der Waals surface area contributed by atoms with Gasteiger partial charge in [0.2, 0.25) is 16.0 Å². The minimum Gasteiger partial charge on any atom is -0.481 e. The summed E-state index contributed by atoms with van der Waals surface area (Å²) in [7, 11) is -2.35. The van der Waals surface area contributed by atoms with Crippen LogP contribution in [0.25, 0.3) is 17.3 Å². The number of aliphatic hydroxyl groups is 1. The van der Waals surface area contributed by atoms with Crippen molar-refractivity contribution in [1.82, 2.24) is 9.97 Å². The van der Waals surface area contributed by atoms with E-state index in [0.29, 0.717) is 22.5 Å². The Hall–Kier alpha value is -3.18. The molecule has 2 aromatic rings. The zero-order chi connectivity index (χ0) is 24.9. The van der Waals surface area contributed by atoms with Crippen LogP contribution in [0, 0.1) is 5.82 Å². The van der Waals surface area contributed by atoms with Crippen LogP contribution < -0.4 is 4.31 Å². The van der Waals surface area contributed by atoms with Gasteiger partial charge < -0.3 is 10.2 Å². The molecule has 1 aromatic carbocycles. The molecule has 33 heavy (non-hydrogen) atoms. The van der Waals surface area contributed by atoms with E-state index >= 15 is 0 Å². The molecule has 0 fully saturated rings. The Morgan fingerprint density at radius 1 is 1.18 bits per heavy atom. The van der Waals surface area contributed by atoms with Crippen molar-refractivity contribution in [2.24, 2.45) is 0 Å². The van der Waals surface area contributed by atoms with Gasteiger partial charge in [-0.2, -0.15) is 0 Å². The van der Waals surface area contributed by atoms with Gasteiger partial charge >= 0.3 is 5.97 Å². The number of carbonyl (C=O) groups is 2. The van der Waals surface area contributed by atoms with Crippen molar-refractivity contribution in [3.8, 4) is 11.3 Å². The maximum Gasteiger partial charge on any atom is 0.310 e. The lowest BCUT2D eigenvalue weighted by molar-refractivity contribution is -0.140. The van der Waals surface area contributed by atoms with Gasteiger partial charge in [-0.25, -0.2) is 27.1 Å². The first-order valence-corrected chi connectivity index (χ1v) is 11.9. The molecule has 9 nitrogen and oxygen atoms in total. The van der Waals surface area contributed by atoms with E-state index in [4.69, 9.17) is 5.11 Å². The van der Waals surface area contributed by atoms with Gasteiger partial charge in [0.25, 0.3) is 0 Å². The fourth-order valence-electron chi connectivity index (χ4n) is 2.95. The van der Waals surface area contributed by atoms with E-state index in [2.05, 4.69) is 9.97 Å². The summed E-state index contributed by atoms with van der Waals surface area (Å²) in [5, 5.41) is 18.9. The number of carbonyl (C=O) groups excluding carboxylic acids is 1. The number of halogens is 1. The van der Waals surface area contributed by atoms with Gasteiger partial charge in [0.1, 0.15) is 18.0 Å². The van der Waals surface area contributed by atoms with Crippen LogP contribution in [0.4, 0.5) is 10.3 Å². The lowest BCUT2D eigenvalue weighted by atomic mass is 9.97. The molecule has 0 amide bonds. The van der Waals surface area contributed by atoms with E-state index in [1.54, 1.807) is 0 Å². The monoisotopic (exact) mass is 479 g/mol. The lowest BCUT2D eigenvalue weighted by Gasteiger charge is -2.20. The number of ketones is 1. The molecular formula is C22H26FN3O6S. The molecule has 2 N–H and O–H groups in total. The Labute approximate surface area is 191 Å². The second-order valence-corrected chi connectivity index (χ2v) is 9.82. The van der Waals surface area contributed by atoms with E-state index in [-0.39, 0.29) is 18.3 Å². The first-order chi connectivity index (χ1) is 15.3. The predicted octanol–water partition coefficient (Wildman–Crippen LogP) is 2.61. The first kappa shape index (κ1) is 26.1. The molecule has 1 atom stereocenters. The molecular weight excluding hydrogens is 453 g/mol. The Morgan fingerprint density at radius 2 is 1.79 bits per heavy atom. The third-order valence-electron chi connectivity index (χ3n) is 4.68. The van der Waals surface area contributed by atoms with Crippen LogP contribution in [0.5, 0.6) is 0 Å². The molecule has 0 aliphatic carbocycles. The number of Topliss-reactive ketones (excluding diaryl/α,β-unsaturated/α-hetero) is 1. The summed E-state index contributed by atoms with van der Waals surface area (Å²) in [5.41, 5.74) is 1.71. The Bertz CT molecular complexity index is 1160. The van der Waals surface area contributed by atoms with E-state index in [1.165, 1.54) is 43.5 Å². The maximum absolute atomic E-state index is 13.5. The minimum absolute atomic E-state index is 0.0742. The third-order valence-corrected chi connectivity index (χ3v) is 5.84. The highest BCUT2D eigenvalue weighted by atomic mass is 32.2. The standard InChI is InChI=1S/C22H26FN3O6S/c1-13(2)20-18(10-9-16(27)11-17(28)12-19(29)30)21(14-5-7-15(23)8-6-14)25-22(24-20)26(3)33(4,31)32/h5-10,13,16,27H,11-12H2,1-4H3,(H,29,30)/t16-/m1/s1. The second-order valence-electron chi connectivity index (χ2n) is 7.80. The molecule has 0 aliphatic rings. The molecule has 0 bridgehead atoms. The number of aromatic nitrogens is 2. The van der Waals surface area contributed by atoms with Crippen molar-refractivity contribution in [2.45, 2.75) is 38.7 Å². The number of hydrogen-bond donors (Lipinski definition) is 2. The SMILES string of the molecule is CC(C)c1nc(N(C)S(C)(=O)=O)nc(-c2ccc(F)cc2)c1C=C[C@@H](O)CC(=O)CC(=O)O.